The van der Waals surface area contributed by atoms with Crippen molar-refractivity contribution in [2.24, 2.45) is 66.9 Å². The minimum atomic E-state index is -1.64. The van der Waals surface area contributed by atoms with Crippen LogP contribution in [0.25, 0.3) is 0 Å². The standard InChI is InChI=1S/C62H93N19O13/c63-41(18-8-22-70-60(64)65)51(85)75-42(19-9-23-71-61(66)67)55(89)78-25-11-21-46(78)57(91)81-33-40(83)29-48(81)53(87)73-30-50(84)74-44(26-35-12-2-1-3-13-35)52(86)77-45(34-82)56(90)80-32-39-17-7-5-15-37(39)28-49(80)58(92)79-31-38-16-6-4-14-36(38)27-47(79)54(88)76-43(59(93)94)20-10-24-72-62(68)69/h1-4,6,12-14,16,37,39-49,82-83H,5,7-11,15,17-34,63H2,(H,73,87)(H,74,84)(H,75,85)(H,76,88)(H,77,86)(H,93,94)(H4,64,65,70)(H4,66,67,71)(H4,68,69,72). The topological polar surface area (TPSA) is 524 Å². The Labute approximate surface area is 545 Å². The number of aliphatic hydroxyl groups is 2. The van der Waals surface area contributed by atoms with Gasteiger partial charge >= 0.3 is 5.97 Å². The molecule has 514 valence electrons. The van der Waals surface area contributed by atoms with E-state index in [2.05, 4.69) is 41.6 Å². The molecule has 1 saturated carbocycles. The smallest absolute Gasteiger partial charge is 0.326 e. The largest absolute Gasteiger partial charge is 0.480 e. The Morgan fingerprint density at radius 3 is 1.78 bits per heavy atom. The molecule has 3 saturated heterocycles. The molecule has 2 aromatic rings. The predicted molar refractivity (Wildman–Crippen MR) is 344 cm³/mol. The van der Waals surface area contributed by atoms with Crippen LogP contribution in [0.5, 0.6) is 0 Å². The molecule has 4 fully saturated rings. The number of aliphatic hydroxyl groups excluding tert-OH is 2. The highest BCUT2D eigenvalue weighted by atomic mass is 16.4. The fraction of sp³-hybridized carbons (Fsp3) is 0.597. The number of amides is 9. The molecule has 4 heterocycles. The number of guanidine groups is 3. The normalized spacial score (nSPS) is 22.3. The van der Waals surface area contributed by atoms with Gasteiger partial charge in [-0.1, -0.05) is 73.9 Å². The van der Waals surface area contributed by atoms with Crippen LogP contribution >= 0.6 is 0 Å². The molecule has 5 aliphatic rings. The quantitative estimate of drug-likeness (QED) is 0.0198. The first kappa shape index (κ1) is 72.3. The van der Waals surface area contributed by atoms with Crippen LogP contribution in [0.1, 0.15) is 107 Å². The summed E-state index contributed by atoms with van der Waals surface area (Å²) in [5, 5.41) is 45.2. The zero-order valence-corrected chi connectivity index (χ0v) is 52.9. The van der Waals surface area contributed by atoms with Crippen LogP contribution in [-0.2, 0) is 67.3 Å². The first-order valence-electron chi connectivity index (χ1n) is 32.2. The molecule has 22 N–H and O–H groups in total. The van der Waals surface area contributed by atoms with E-state index in [0.717, 1.165) is 41.7 Å². The van der Waals surface area contributed by atoms with E-state index in [4.69, 9.17) is 40.1 Å². The lowest BCUT2D eigenvalue weighted by Gasteiger charge is -2.48. The average molecular weight is 1310 g/mol. The van der Waals surface area contributed by atoms with E-state index in [1.807, 2.05) is 12.1 Å². The van der Waals surface area contributed by atoms with E-state index in [-0.39, 0.29) is 140 Å². The maximum atomic E-state index is 15.3. The van der Waals surface area contributed by atoms with Crippen LogP contribution < -0.4 is 66.7 Å². The number of carbonyl (C=O) groups excluding carboxylic acids is 9. The minimum absolute atomic E-state index is 0.0198. The number of rotatable bonds is 30. The van der Waals surface area contributed by atoms with Crippen molar-refractivity contribution in [3.8, 4) is 0 Å². The summed E-state index contributed by atoms with van der Waals surface area (Å²) in [6.07, 6.45) is 3.71. The number of piperidine rings is 1. The molecular formula is C62H93N19O13. The lowest BCUT2D eigenvalue weighted by Crippen LogP contribution is -2.65. The lowest BCUT2D eigenvalue weighted by atomic mass is 9.72. The van der Waals surface area contributed by atoms with Gasteiger partial charge < -0.3 is 102 Å². The lowest BCUT2D eigenvalue weighted by molar-refractivity contribution is -0.157. The zero-order chi connectivity index (χ0) is 68.2. The number of benzene rings is 2. The number of hydrogen-bond donors (Lipinski definition) is 15. The van der Waals surface area contributed by atoms with Crippen molar-refractivity contribution in [3.63, 3.8) is 0 Å². The summed E-state index contributed by atoms with van der Waals surface area (Å²) in [7, 11) is 0. The molecule has 12 unspecified atom stereocenters. The molecule has 0 spiro atoms. The summed E-state index contributed by atoms with van der Waals surface area (Å²) in [5.74, 6) is -8.31. The van der Waals surface area contributed by atoms with E-state index in [1.54, 1.807) is 42.5 Å². The van der Waals surface area contributed by atoms with Gasteiger partial charge in [-0.15, -0.1) is 0 Å². The van der Waals surface area contributed by atoms with E-state index < -0.39 is 133 Å². The van der Waals surface area contributed by atoms with Gasteiger partial charge in [-0.25, -0.2) is 4.79 Å². The van der Waals surface area contributed by atoms with Crippen LogP contribution in [-0.4, -0.2) is 225 Å². The van der Waals surface area contributed by atoms with Crippen LogP contribution in [0.3, 0.4) is 0 Å². The number of hydrogen-bond acceptors (Lipinski definition) is 16. The molecule has 94 heavy (non-hydrogen) atoms. The van der Waals surface area contributed by atoms with Crippen LogP contribution in [0, 0.1) is 11.8 Å². The second-order valence-corrected chi connectivity index (χ2v) is 24.8. The molecule has 1 aliphatic carbocycles. The molecule has 0 radical (unpaired) electrons. The fourth-order valence-corrected chi connectivity index (χ4v) is 13.2. The Bertz CT molecular complexity index is 3110. The molecule has 32 nitrogen and oxygen atoms in total. The van der Waals surface area contributed by atoms with Crippen molar-refractivity contribution < 1.29 is 63.3 Å². The number of likely N-dealkylation sites (tertiary alicyclic amines) is 3. The summed E-state index contributed by atoms with van der Waals surface area (Å²) in [5.41, 5.74) is 41.0. The molecule has 0 aromatic heterocycles. The third-order valence-electron chi connectivity index (χ3n) is 18.1. The fourth-order valence-electron chi connectivity index (χ4n) is 13.2. The van der Waals surface area contributed by atoms with Crippen molar-refractivity contribution in [3.05, 3.63) is 71.3 Å². The van der Waals surface area contributed by atoms with Gasteiger partial charge in [0, 0.05) is 65.1 Å². The van der Waals surface area contributed by atoms with Crippen molar-refractivity contribution in [2.45, 2.75) is 170 Å². The first-order valence-corrected chi connectivity index (χ1v) is 32.2. The van der Waals surface area contributed by atoms with Gasteiger partial charge in [-0.3, -0.25) is 58.1 Å². The van der Waals surface area contributed by atoms with E-state index >= 15 is 9.59 Å². The summed E-state index contributed by atoms with van der Waals surface area (Å²) >= 11 is 0. The van der Waals surface area contributed by atoms with Gasteiger partial charge in [0.15, 0.2) is 17.9 Å². The zero-order valence-electron chi connectivity index (χ0n) is 52.9. The summed E-state index contributed by atoms with van der Waals surface area (Å²) < 4.78 is 0. The number of carboxylic acid groups (broad SMARTS) is 1. The van der Waals surface area contributed by atoms with Gasteiger partial charge in [-0.05, 0) is 92.7 Å². The highest BCUT2D eigenvalue weighted by Crippen LogP contribution is 2.40. The highest BCUT2D eigenvalue weighted by Gasteiger charge is 2.49. The second kappa shape index (κ2) is 34.7. The first-order chi connectivity index (χ1) is 44.9. The van der Waals surface area contributed by atoms with Gasteiger partial charge in [0.05, 0.1) is 25.3 Å². The molecule has 2 aromatic carbocycles. The number of nitrogens with zero attached hydrogens (tertiary/aromatic N) is 7. The third-order valence-corrected chi connectivity index (χ3v) is 18.1. The van der Waals surface area contributed by atoms with Crippen molar-refractivity contribution in [2.75, 3.05) is 52.4 Å². The number of β-amino-alcohol motifs (C(OH)–C–C–N with tert-alkyl or cyclic N) is 1. The van der Waals surface area contributed by atoms with Gasteiger partial charge in [0.2, 0.25) is 53.2 Å². The Balaban J connectivity index is 1.03. The molecule has 4 aliphatic heterocycles. The average Bonchev–Trinajstić information content (AvgIpc) is 1.12. The molecule has 32 heteroatoms. The molecule has 0 bridgehead atoms. The van der Waals surface area contributed by atoms with Gasteiger partial charge in [0.25, 0.3) is 0 Å². The maximum absolute atomic E-state index is 15.3. The predicted octanol–water partition coefficient (Wildman–Crippen LogP) is -4.84. The van der Waals surface area contributed by atoms with E-state index in [0.29, 0.717) is 18.4 Å². The summed E-state index contributed by atoms with van der Waals surface area (Å²) in [6.45, 7) is -1.29. The number of carboxylic acids is 1. The Morgan fingerprint density at radius 1 is 0.553 bits per heavy atom. The molecular weight excluding hydrogens is 1220 g/mol. The minimum Gasteiger partial charge on any atom is -0.480 e. The monoisotopic (exact) mass is 1310 g/mol. The summed E-state index contributed by atoms with van der Waals surface area (Å²) in [6, 6.07) is 4.45. The van der Waals surface area contributed by atoms with Gasteiger partial charge in [0.1, 0.15) is 48.3 Å². The third kappa shape index (κ3) is 19.9. The second-order valence-electron chi connectivity index (χ2n) is 24.8. The van der Waals surface area contributed by atoms with E-state index in [9.17, 15) is 53.7 Å². The Kier molecular flexibility index (Phi) is 26.6. The number of nitrogens with two attached hydrogens (primary N) is 7. The number of carbonyl (C=O) groups is 10. The van der Waals surface area contributed by atoms with Crippen molar-refractivity contribution >= 4 is 77.0 Å². The maximum Gasteiger partial charge on any atom is 0.326 e. The van der Waals surface area contributed by atoms with Crippen molar-refractivity contribution in [1.82, 2.24) is 46.2 Å². The molecule has 12 atom stereocenters. The van der Waals surface area contributed by atoms with Crippen LogP contribution in [0.2, 0.25) is 0 Å². The number of fused-ring (bicyclic) bond motifs is 2. The van der Waals surface area contributed by atoms with E-state index in [1.165, 1.54) is 14.7 Å². The SMILES string of the molecule is NC(N)=NCCCC(N)C(=O)NC(CCCN=C(N)N)C(=O)N1CCCC1C(=O)N1CC(O)CC1C(=O)NCC(=O)NC(Cc1ccccc1)C(=O)NC(CO)C(=O)N1CC2CCCCC2CC1C(=O)N1Cc2ccccc2CC1C(=O)NC(CCCN=C(N)N)C(=O)O. The van der Waals surface area contributed by atoms with Gasteiger partial charge in [-0.2, -0.15) is 0 Å². The highest BCUT2D eigenvalue weighted by molar-refractivity contribution is 5.99. The molecule has 7 rings (SSSR count). The number of aliphatic carboxylic acids is 1. The molecule has 9 amide bonds. The Hall–Kier alpha value is -9.17. The number of aliphatic imine (C=N–C) groups is 3. The number of nitrogens with one attached hydrogen (secondary N) is 5. The summed E-state index contributed by atoms with van der Waals surface area (Å²) in [4.78, 5) is 159. The van der Waals surface area contributed by atoms with Crippen molar-refractivity contribution in [1.29, 1.82) is 0 Å². The van der Waals surface area contributed by atoms with Crippen LogP contribution in [0.4, 0.5) is 0 Å². The van der Waals surface area contributed by atoms with Crippen LogP contribution in [0.15, 0.2) is 69.6 Å². The Morgan fingerprint density at radius 2 is 1.14 bits per heavy atom.